The van der Waals surface area contributed by atoms with Gasteiger partial charge in [-0.1, -0.05) is 0 Å². The van der Waals surface area contributed by atoms with E-state index in [4.69, 9.17) is 12.7 Å². The summed E-state index contributed by atoms with van der Waals surface area (Å²) in [5.41, 5.74) is 0. The summed E-state index contributed by atoms with van der Waals surface area (Å²) in [4.78, 5) is 23.1. The largest absolute Gasteiger partial charge is 0.467 e. The van der Waals surface area contributed by atoms with Gasteiger partial charge in [0.25, 0.3) is 0 Å². The Balaban J connectivity index is 2.25. The Morgan fingerprint density at radius 2 is 2.40 bits per heavy atom. The maximum absolute atomic E-state index is 11.2. The number of carbonyl (C=O) groups is 2. The van der Waals surface area contributed by atoms with E-state index < -0.39 is 5.97 Å². The highest BCUT2D eigenvalue weighted by molar-refractivity contribution is 6.14. The van der Waals surface area contributed by atoms with Gasteiger partial charge in [0.15, 0.2) is 0 Å². The zero-order chi connectivity index (χ0) is 11.3. The van der Waals surface area contributed by atoms with E-state index in [9.17, 15) is 9.59 Å². The molecule has 0 saturated carbocycles. The minimum Gasteiger partial charge on any atom is -0.467 e. The van der Waals surface area contributed by atoms with Crippen LogP contribution >= 0.6 is 0 Å². The predicted molar refractivity (Wildman–Crippen MR) is 53.1 cm³/mol. The van der Waals surface area contributed by atoms with Crippen molar-refractivity contribution >= 4 is 19.9 Å². The third-order valence-corrected chi connectivity index (χ3v) is 2.37. The number of esters is 1. The normalized spacial score (nSPS) is 21.5. The van der Waals surface area contributed by atoms with Crippen molar-refractivity contribution in [3.05, 3.63) is 0 Å². The highest BCUT2D eigenvalue weighted by Crippen LogP contribution is 2.15. The Morgan fingerprint density at radius 1 is 1.67 bits per heavy atom. The summed E-state index contributed by atoms with van der Waals surface area (Å²) in [7, 11) is 6.86. The van der Waals surface area contributed by atoms with Crippen LogP contribution in [0.4, 0.5) is 0 Å². The number of hydrogen-bond acceptors (Lipinski definition) is 4. The number of hydrogen-bond donors (Lipinski definition) is 0. The van der Waals surface area contributed by atoms with Crippen molar-refractivity contribution in [1.82, 2.24) is 4.81 Å². The molecule has 1 heterocycles. The lowest BCUT2D eigenvalue weighted by Gasteiger charge is -2.32. The number of methoxy groups -OCH3 is 1. The van der Waals surface area contributed by atoms with E-state index in [2.05, 4.69) is 4.74 Å². The first-order valence-corrected chi connectivity index (χ1v) is 4.86. The van der Waals surface area contributed by atoms with E-state index in [0.29, 0.717) is 6.42 Å². The third-order valence-electron chi connectivity index (χ3n) is 2.37. The van der Waals surface area contributed by atoms with Crippen molar-refractivity contribution in [3.63, 3.8) is 0 Å². The molecule has 1 aliphatic heterocycles. The van der Waals surface area contributed by atoms with Crippen LogP contribution < -0.4 is 0 Å². The van der Waals surface area contributed by atoms with Gasteiger partial charge in [-0.25, -0.2) is 4.79 Å². The van der Waals surface area contributed by atoms with Gasteiger partial charge in [0.05, 0.1) is 13.7 Å². The zero-order valence-electron chi connectivity index (χ0n) is 8.77. The number of carbonyl (C=O) groups excluding carboxylic acids is 2. The second-order valence-electron chi connectivity index (χ2n) is 3.44. The summed E-state index contributed by atoms with van der Waals surface area (Å²) < 4.78 is 9.51. The fraction of sp³-hybridized carbons (Fsp3) is 0.778. The Morgan fingerprint density at radius 3 is 3.07 bits per heavy atom. The van der Waals surface area contributed by atoms with Gasteiger partial charge in [0.2, 0.25) is 13.9 Å². The summed E-state index contributed by atoms with van der Waals surface area (Å²) in [5.74, 6) is -0.506. The van der Waals surface area contributed by atoms with Crippen molar-refractivity contribution in [3.8, 4) is 0 Å². The van der Waals surface area contributed by atoms with Crippen LogP contribution in [0.25, 0.3) is 0 Å². The molecule has 0 spiro atoms. The summed E-state index contributed by atoms with van der Waals surface area (Å²) in [6.07, 6.45) is 2.12. The van der Waals surface area contributed by atoms with Gasteiger partial charge in [0.1, 0.15) is 6.61 Å². The van der Waals surface area contributed by atoms with Crippen LogP contribution in [0.5, 0.6) is 0 Å². The second kappa shape index (κ2) is 5.75. The number of amides is 1. The van der Waals surface area contributed by atoms with Crippen LogP contribution in [0.2, 0.25) is 0 Å². The SMILES string of the molecule is [B]N1C(=O)CCCC1COCC(=O)OC. The molecule has 15 heavy (non-hydrogen) atoms. The molecule has 5 nitrogen and oxygen atoms in total. The molecule has 82 valence electrons. The van der Waals surface area contributed by atoms with Crippen LogP contribution in [-0.2, 0) is 19.1 Å². The van der Waals surface area contributed by atoms with Gasteiger partial charge in [-0.15, -0.1) is 0 Å². The van der Waals surface area contributed by atoms with Gasteiger partial charge in [-0.05, 0) is 12.8 Å². The molecule has 1 fully saturated rings. The smallest absolute Gasteiger partial charge is 0.331 e. The van der Waals surface area contributed by atoms with Crippen molar-refractivity contribution in [2.75, 3.05) is 20.3 Å². The molecule has 0 aliphatic carbocycles. The molecule has 1 aliphatic rings. The zero-order valence-corrected chi connectivity index (χ0v) is 8.77. The maximum Gasteiger partial charge on any atom is 0.331 e. The van der Waals surface area contributed by atoms with E-state index in [1.807, 2.05) is 0 Å². The minimum absolute atomic E-state index is 0.0760. The Labute approximate surface area is 90.1 Å². The van der Waals surface area contributed by atoms with Gasteiger partial charge < -0.3 is 14.3 Å². The lowest BCUT2D eigenvalue weighted by Crippen LogP contribution is -2.44. The number of rotatable bonds is 4. The van der Waals surface area contributed by atoms with Gasteiger partial charge in [0, 0.05) is 12.5 Å². The minimum atomic E-state index is -0.430. The first kappa shape index (κ1) is 12.0. The molecule has 0 N–H and O–H groups in total. The maximum atomic E-state index is 11.2. The molecule has 0 aromatic rings. The fourth-order valence-electron chi connectivity index (χ4n) is 1.46. The highest BCUT2D eigenvalue weighted by atomic mass is 16.6. The Kier molecular flexibility index (Phi) is 4.61. The Hall–Kier alpha value is -1.04. The van der Waals surface area contributed by atoms with Crippen LogP contribution in [-0.4, -0.2) is 51.0 Å². The van der Waals surface area contributed by atoms with Crippen molar-refractivity contribution in [2.24, 2.45) is 0 Å². The van der Waals surface area contributed by atoms with Crippen LogP contribution in [0.3, 0.4) is 0 Å². The van der Waals surface area contributed by atoms with Crippen LogP contribution in [0, 0.1) is 0 Å². The molecule has 1 amide bonds. The molecule has 6 heteroatoms. The van der Waals surface area contributed by atoms with E-state index in [-0.39, 0.29) is 25.2 Å². The summed E-state index contributed by atoms with van der Waals surface area (Å²) in [5, 5.41) is 0. The molecule has 0 aromatic carbocycles. The van der Waals surface area contributed by atoms with E-state index in [0.717, 1.165) is 12.8 Å². The molecule has 1 atom stereocenters. The number of ether oxygens (including phenoxy) is 2. The van der Waals surface area contributed by atoms with E-state index in [1.165, 1.54) is 11.9 Å². The van der Waals surface area contributed by atoms with E-state index >= 15 is 0 Å². The average molecular weight is 211 g/mol. The first-order chi connectivity index (χ1) is 7.15. The quantitative estimate of drug-likeness (QED) is 0.470. The molecule has 0 bridgehead atoms. The molecular weight excluding hydrogens is 197 g/mol. The van der Waals surface area contributed by atoms with Gasteiger partial charge in [-0.3, -0.25) is 4.79 Å². The van der Waals surface area contributed by atoms with Gasteiger partial charge in [-0.2, -0.15) is 0 Å². The number of nitrogens with zero attached hydrogens (tertiary/aromatic N) is 1. The fourth-order valence-corrected chi connectivity index (χ4v) is 1.46. The summed E-state index contributed by atoms with van der Waals surface area (Å²) in [6, 6.07) is -0.129. The summed E-state index contributed by atoms with van der Waals surface area (Å²) in [6.45, 7) is 0.173. The van der Waals surface area contributed by atoms with Crippen molar-refractivity contribution in [1.29, 1.82) is 0 Å². The third kappa shape index (κ3) is 3.55. The molecule has 1 saturated heterocycles. The predicted octanol–water partition coefficient (Wildman–Crippen LogP) is -0.359. The molecular formula is C9H14BNO4. The van der Waals surface area contributed by atoms with Crippen molar-refractivity contribution in [2.45, 2.75) is 25.3 Å². The summed E-state index contributed by atoms with van der Waals surface area (Å²) >= 11 is 0. The molecule has 2 radical (unpaired) electrons. The molecule has 0 aromatic heterocycles. The monoisotopic (exact) mass is 211 g/mol. The molecule has 1 rings (SSSR count). The first-order valence-electron chi connectivity index (χ1n) is 4.86. The second-order valence-corrected chi connectivity index (χ2v) is 3.44. The standard InChI is InChI=1S/C9H14BNO4/c1-14-9(13)6-15-5-7-3-2-4-8(12)11(7)10/h7H,2-6H2,1H3. The van der Waals surface area contributed by atoms with Gasteiger partial charge >= 0.3 is 5.97 Å². The Bertz CT molecular complexity index is 246. The lowest BCUT2D eigenvalue weighted by molar-refractivity contribution is -0.146. The number of piperidine rings is 1. The van der Waals surface area contributed by atoms with Crippen molar-refractivity contribution < 1.29 is 19.1 Å². The van der Waals surface area contributed by atoms with Crippen LogP contribution in [0.1, 0.15) is 19.3 Å². The lowest BCUT2D eigenvalue weighted by atomic mass is 9.98. The highest BCUT2D eigenvalue weighted by Gasteiger charge is 2.24. The van der Waals surface area contributed by atoms with Crippen LogP contribution in [0.15, 0.2) is 0 Å². The topological polar surface area (TPSA) is 55.8 Å². The van der Waals surface area contributed by atoms with E-state index in [1.54, 1.807) is 0 Å². The molecule has 1 unspecified atom stereocenters. The average Bonchev–Trinajstić information content (AvgIpc) is 2.24.